The first-order valence-electron chi connectivity index (χ1n) is 10.0. The molecule has 0 spiro atoms. The van der Waals surface area contributed by atoms with Crippen molar-refractivity contribution in [2.45, 2.75) is 12.8 Å². The summed E-state index contributed by atoms with van der Waals surface area (Å²) in [6.07, 6.45) is 0.801. The summed E-state index contributed by atoms with van der Waals surface area (Å²) in [5.74, 6) is 1.07. The number of carbonyl (C=O) groups is 2. The van der Waals surface area contributed by atoms with Crippen LogP contribution in [0.3, 0.4) is 0 Å². The Balaban J connectivity index is 1.39. The third-order valence-electron chi connectivity index (χ3n) is 5.19. The predicted octanol–water partition coefficient (Wildman–Crippen LogP) is 2.53. The quantitative estimate of drug-likeness (QED) is 0.621. The third-order valence-corrected chi connectivity index (χ3v) is 5.19. The van der Waals surface area contributed by atoms with E-state index in [2.05, 4.69) is 4.90 Å². The number of anilines is 1. The van der Waals surface area contributed by atoms with Gasteiger partial charge in [-0.15, -0.1) is 0 Å². The zero-order valence-electron chi connectivity index (χ0n) is 17.5. The number of methoxy groups -OCH3 is 2. The molecule has 7 heteroatoms. The van der Waals surface area contributed by atoms with E-state index in [0.717, 1.165) is 22.7 Å². The smallest absolute Gasteiger partial charge is 0.306 e. The van der Waals surface area contributed by atoms with E-state index in [4.69, 9.17) is 14.2 Å². The van der Waals surface area contributed by atoms with Crippen molar-refractivity contribution in [3.8, 4) is 11.5 Å². The molecule has 1 saturated heterocycles. The lowest BCUT2D eigenvalue weighted by atomic mass is 10.1. The van der Waals surface area contributed by atoms with E-state index in [9.17, 15) is 9.59 Å². The number of para-hydroxylation sites is 2. The molecule has 0 saturated carbocycles. The first-order chi connectivity index (χ1) is 14.6. The number of hydrogen-bond donors (Lipinski definition) is 0. The van der Waals surface area contributed by atoms with Gasteiger partial charge < -0.3 is 24.0 Å². The maximum Gasteiger partial charge on any atom is 0.306 e. The predicted molar refractivity (Wildman–Crippen MR) is 114 cm³/mol. The normalized spacial score (nSPS) is 13.7. The Bertz CT molecular complexity index is 845. The number of esters is 1. The molecule has 1 fully saturated rings. The molecule has 1 amide bonds. The zero-order valence-corrected chi connectivity index (χ0v) is 17.5. The lowest BCUT2D eigenvalue weighted by Crippen LogP contribution is -2.50. The summed E-state index contributed by atoms with van der Waals surface area (Å²) in [5, 5.41) is 0. The van der Waals surface area contributed by atoms with E-state index in [1.54, 1.807) is 19.1 Å². The molecule has 1 aliphatic heterocycles. The van der Waals surface area contributed by atoms with Crippen LogP contribution < -0.4 is 14.4 Å². The fourth-order valence-corrected chi connectivity index (χ4v) is 3.43. The number of piperazine rings is 1. The van der Waals surface area contributed by atoms with Crippen LogP contribution >= 0.6 is 0 Å². The second kappa shape index (κ2) is 10.5. The Morgan fingerprint density at radius 2 is 1.60 bits per heavy atom. The summed E-state index contributed by atoms with van der Waals surface area (Å²) in [5.41, 5.74) is 2.04. The van der Waals surface area contributed by atoms with E-state index in [-0.39, 0.29) is 24.9 Å². The van der Waals surface area contributed by atoms with Gasteiger partial charge in [0.15, 0.2) is 6.61 Å². The van der Waals surface area contributed by atoms with Crippen LogP contribution in [0.4, 0.5) is 5.69 Å². The Kier molecular flexibility index (Phi) is 7.54. The number of nitrogens with zero attached hydrogens (tertiary/aromatic N) is 2. The summed E-state index contributed by atoms with van der Waals surface area (Å²) in [7, 11) is 3.27. The van der Waals surface area contributed by atoms with Gasteiger partial charge in [-0.1, -0.05) is 24.3 Å². The van der Waals surface area contributed by atoms with Gasteiger partial charge in [-0.3, -0.25) is 9.59 Å². The van der Waals surface area contributed by atoms with Crippen LogP contribution in [0.15, 0.2) is 48.5 Å². The van der Waals surface area contributed by atoms with Gasteiger partial charge >= 0.3 is 5.97 Å². The fraction of sp³-hybridized carbons (Fsp3) is 0.391. The molecular weight excluding hydrogens is 384 g/mol. The molecule has 1 heterocycles. The first-order valence-corrected chi connectivity index (χ1v) is 10.0. The van der Waals surface area contributed by atoms with Crippen molar-refractivity contribution in [2.24, 2.45) is 0 Å². The fourth-order valence-electron chi connectivity index (χ4n) is 3.43. The van der Waals surface area contributed by atoms with Crippen LogP contribution in [-0.4, -0.2) is 63.8 Å². The van der Waals surface area contributed by atoms with Crippen molar-refractivity contribution in [2.75, 3.05) is 51.9 Å². The number of ether oxygens (including phenoxy) is 3. The Hall–Kier alpha value is -3.22. The highest BCUT2D eigenvalue weighted by molar-refractivity contribution is 5.81. The van der Waals surface area contributed by atoms with E-state index >= 15 is 0 Å². The van der Waals surface area contributed by atoms with Gasteiger partial charge in [-0.25, -0.2) is 0 Å². The minimum absolute atomic E-state index is 0.160. The molecule has 0 atom stereocenters. The van der Waals surface area contributed by atoms with Crippen molar-refractivity contribution in [1.29, 1.82) is 0 Å². The third kappa shape index (κ3) is 5.65. The number of hydrogen-bond acceptors (Lipinski definition) is 6. The van der Waals surface area contributed by atoms with Gasteiger partial charge in [0.25, 0.3) is 5.91 Å². The molecule has 0 aliphatic carbocycles. The Morgan fingerprint density at radius 3 is 2.27 bits per heavy atom. The monoisotopic (exact) mass is 412 g/mol. The maximum absolute atomic E-state index is 12.4. The SMILES string of the molecule is COc1ccc(CCC(=O)OCC(=O)N2CCN(c3ccccc3OC)CC2)cc1. The molecule has 2 aromatic rings. The number of benzene rings is 2. The summed E-state index contributed by atoms with van der Waals surface area (Å²) in [6, 6.07) is 15.4. The molecule has 2 aromatic carbocycles. The van der Waals surface area contributed by atoms with Crippen molar-refractivity contribution < 1.29 is 23.8 Å². The lowest BCUT2D eigenvalue weighted by Gasteiger charge is -2.36. The van der Waals surface area contributed by atoms with Crippen LogP contribution in [0.1, 0.15) is 12.0 Å². The minimum Gasteiger partial charge on any atom is -0.497 e. The Labute approximate surface area is 177 Å². The molecule has 0 radical (unpaired) electrons. The van der Waals surface area contributed by atoms with Crippen molar-refractivity contribution >= 4 is 17.6 Å². The van der Waals surface area contributed by atoms with Gasteiger partial charge in [-0.05, 0) is 36.2 Å². The van der Waals surface area contributed by atoms with Crippen molar-refractivity contribution in [3.63, 3.8) is 0 Å². The summed E-state index contributed by atoms with van der Waals surface area (Å²) >= 11 is 0. The zero-order chi connectivity index (χ0) is 21.3. The highest BCUT2D eigenvalue weighted by Gasteiger charge is 2.23. The van der Waals surface area contributed by atoms with Crippen molar-refractivity contribution in [3.05, 3.63) is 54.1 Å². The van der Waals surface area contributed by atoms with E-state index in [0.29, 0.717) is 32.6 Å². The number of aryl methyl sites for hydroxylation is 1. The summed E-state index contributed by atoms with van der Waals surface area (Å²) < 4.78 is 15.7. The number of rotatable bonds is 8. The molecular formula is C23H28N2O5. The average molecular weight is 412 g/mol. The molecule has 1 aliphatic rings. The van der Waals surface area contributed by atoms with Gasteiger partial charge in [0, 0.05) is 32.6 Å². The average Bonchev–Trinajstić information content (AvgIpc) is 2.81. The number of amides is 1. The van der Waals surface area contributed by atoms with Crippen LogP contribution in [0.5, 0.6) is 11.5 Å². The molecule has 30 heavy (non-hydrogen) atoms. The minimum atomic E-state index is -0.369. The van der Waals surface area contributed by atoms with E-state index in [1.165, 1.54) is 0 Å². The van der Waals surface area contributed by atoms with Gasteiger partial charge in [-0.2, -0.15) is 0 Å². The molecule has 0 bridgehead atoms. The maximum atomic E-state index is 12.4. The standard InChI is InChI=1S/C23H28N2O5/c1-28-19-10-7-18(8-11-19)9-12-23(27)30-17-22(26)25-15-13-24(14-16-25)20-5-3-4-6-21(20)29-2/h3-8,10-11H,9,12-17H2,1-2H3. The van der Waals surface area contributed by atoms with E-state index < -0.39 is 0 Å². The summed E-state index contributed by atoms with van der Waals surface area (Å²) in [4.78, 5) is 28.3. The molecule has 0 unspecified atom stereocenters. The van der Waals surface area contributed by atoms with Crippen LogP contribution in [0, 0.1) is 0 Å². The highest BCUT2D eigenvalue weighted by Crippen LogP contribution is 2.28. The van der Waals surface area contributed by atoms with Crippen LogP contribution in [0.25, 0.3) is 0 Å². The Morgan fingerprint density at radius 1 is 0.900 bits per heavy atom. The van der Waals surface area contributed by atoms with E-state index in [1.807, 2.05) is 48.5 Å². The molecule has 3 rings (SSSR count). The van der Waals surface area contributed by atoms with Crippen LogP contribution in [0.2, 0.25) is 0 Å². The second-order valence-corrected chi connectivity index (χ2v) is 7.05. The molecule has 0 N–H and O–H groups in total. The molecule has 7 nitrogen and oxygen atoms in total. The highest BCUT2D eigenvalue weighted by atomic mass is 16.5. The molecule has 160 valence electrons. The van der Waals surface area contributed by atoms with Crippen LogP contribution in [-0.2, 0) is 20.7 Å². The first kappa shape index (κ1) is 21.5. The summed E-state index contributed by atoms with van der Waals surface area (Å²) in [6.45, 7) is 2.37. The van der Waals surface area contributed by atoms with Gasteiger partial charge in [0.1, 0.15) is 11.5 Å². The topological polar surface area (TPSA) is 68.3 Å². The second-order valence-electron chi connectivity index (χ2n) is 7.05. The van der Waals surface area contributed by atoms with Gasteiger partial charge in [0.2, 0.25) is 0 Å². The largest absolute Gasteiger partial charge is 0.497 e. The molecule has 0 aromatic heterocycles. The number of carbonyl (C=O) groups excluding carboxylic acids is 2. The lowest BCUT2D eigenvalue weighted by molar-refractivity contribution is -0.152. The van der Waals surface area contributed by atoms with Crippen molar-refractivity contribution in [1.82, 2.24) is 4.90 Å². The van der Waals surface area contributed by atoms with Gasteiger partial charge in [0.05, 0.1) is 19.9 Å².